The van der Waals surface area contributed by atoms with Crippen molar-refractivity contribution in [2.75, 3.05) is 5.73 Å². The predicted octanol–water partition coefficient (Wildman–Crippen LogP) is 2.15. The molecule has 0 spiro atoms. The zero-order valence-corrected chi connectivity index (χ0v) is 11.9. The van der Waals surface area contributed by atoms with Crippen molar-refractivity contribution < 1.29 is 4.74 Å². The molecule has 2 aromatic heterocycles. The number of nitrogens with two attached hydrogens (primary N) is 1. The van der Waals surface area contributed by atoms with Crippen molar-refractivity contribution in [1.29, 1.82) is 0 Å². The molecule has 0 unspecified atom stereocenters. The Labute approximate surface area is 117 Å². The quantitative estimate of drug-likeness (QED) is 0.848. The van der Waals surface area contributed by atoms with E-state index in [4.69, 9.17) is 10.5 Å². The monoisotopic (exact) mass is 273 g/mol. The molecule has 2 aromatic rings. The minimum absolute atomic E-state index is 0.0782. The van der Waals surface area contributed by atoms with E-state index >= 15 is 0 Å². The molecule has 0 radical (unpaired) electrons. The molecule has 1 saturated heterocycles. The van der Waals surface area contributed by atoms with E-state index in [1.807, 2.05) is 17.6 Å². The highest BCUT2D eigenvalue weighted by molar-refractivity contribution is 5.81. The van der Waals surface area contributed by atoms with E-state index in [1.165, 1.54) is 6.33 Å². The maximum absolute atomic E-state index is 6.15. The highest BCUT2D eigenvalue weighted by atomic mass is 16.5. The van der Waals surface area contributed by atoms with Crippen LogP contribution in [-0.2, 0) is 4.74 Å². The Hall–Kier alpha value is -1.95. The van der Waals surface area contributed by atoms with Crippen LogP contribution in [0, 0.1) is 11.8 Å². The number of ether oxygens (including phenoxy) is 1. The molecule has 0 saturated carbocycles. The first-order valence-electron chi connectivity index (χ1n) is 6.84. The molecular weight excluding hydrogens is 254 g/mol. The van der Waals surface area contributed by atoms with Crippen LogP contribution in [0.2, 0.25) is 0 Å². The number of imidazole rings is 1. The van der Waals surface area contributed by atoms with Crippen LogP contribution >= 0.6 is 0 Å². The van der Waals surface area contributed by atoms with Gasteiger partial charge in [0.2, 0.25) is 0 Å². The number of hydrogen-bond acceptors (Lipinski definition) is 5. The second kappa shape index (κ2) is 4.86. The van der Waals surface area contributed by atoms with E-state index in [0.29, 0.717) is 23.2 Å². The van der Waals surface area contributed by atoms with Gasteiger partial charge in [-0.2, -0.15) is 0 Å². The number of aromatic nitrogens is 4. The van der Waals surface area contributed by atoms with Gasteiger partial charge >= 0.3 is 0 Å². The fraction of sp³-hybridized carbons (Fsp3) is 0.500. The zero-order chi connectivity index (χ0) is 14.3. The van der Waals surface area contributed by atoms with E-state index < -0.39 is 0 Å². The van der Waals surface area contributed by atoms with E-state index in [-0.39, 0.29) is 12.3 Å². The molecule has 3 heterocycles. The summed E-state index contributed by atoms with van der Waals surface area (Å²) in [6, 6.07) is 0. The van der Waals surface area contributed by atoms with Crippen molar-refractivity contribution in [1.82, 2.24) is 19.5 Å². The van der Waals surface area contributed by atoms with Crippen LogP contribution in [0.5, 0.6) is 0 Å². The van der Waals surface area contributed by atoms with Gasteiger partial charge in [-0.1, -0.05) is 26.0 Å². The lowest BCUT2D eigenvalue weighted by Crippen LogP contribution is -2.15. The lowest BCUT2D eigenvalue weighted by atomic mass is 9.92. The Bertz CT molecular complexity index is 650. The van der Waals surface area contributed by atoms with Gasteiger partial charge in [-0.15, -0.1) is 0 Å². The number of nitrogens with zero attached hydrogens (tertiary/aromatic N) is 4. The van der Waals surface area contributed by atoms with Crippen molar-refractivity contribution in [3.8, 4) is 0 Å². The first kappa shape index (κ1) is 13.1. The second-order valence-corrected chi connectivity index (χ2v) is 5.32. The molecule has 1 fully saturated rings. The summed E-state index contributed by atoms with van der Waals surface area (Å²) in [4.78, 5) is 12.6. The summed E-state index contributed by atoms with van der Waals surface area (Å²) < 4.78 is 8.11. The van der Waals surface area contributed by atoms with Crippen molar-refractivity contribution in [3.05, 3.63) is 24.8 Å². The first-order valence-corrected chi connectivity index (χ1v) is 6.84. The highest BCUT2D eigenvalue weighted by Gasteiger charge is 2.39. The fourth-order valence-corrected chi connectivity index (χ4v) is 2.75. The van der Waals surface area contributed by atoms with E-state index in [9.17, 15) is 0 Å². The molecule has 6 heteroatoms. The van der Waals surface area contributed by atoms with Gasteiger partial charge in [-0.05, 0) is 12.8 Å². The molecule has 20 heavy (non-hydrogen) atoms. The Morgan fingerprint density at radius 2 is 2.05 bits per heavy atom. The molecule has 6 nitrogen and oxygen atoms in total. The molecule has 3 rings (SSSR count). The minimum atomic E-state index is -0.0782. The normalized spacial score (nSPS) is 30.6. The Morgan fingerprint density at radius 1 is 1.25 bits per heavy atom. The number of nitrogen functional groups attached to an aromatic ring is 1. The summed E-state index contributed by atoms with van der Waals surface area (Å²) in [7, 11) is 0. The van der Waals surface area contributed by atoms with Gasteiger partial charge in [0.25, 0.3) is 0 Å². The summed E-state index contributed by atoms with van der Waals surface area (Å²) in [6.07, 6.45) is 7.37. The second-order valence-electron chi connectivity index (χ2n) is 5.32. The van der Waals surface area contributed by atoms with Crippen LogP contribution < -0.4 is 5.73 Å². The maximum Gasteiger partial charge on any atom is 0.167 e. The topological polar surface area (TPSA) is 78.9 Å². The van der Waals surface area contributed by atoms with Gasteiger partial charge in [0.05, 0.1) is 12.4 Å². The fourth-order valence-electron chi connectivity index (χ4n) is 2.75. The summed E-state index contributed by atoms with van der Waals surface area (Å²) in [6.45, 7) is 6.40. The smallest absolute Gasteiger partial charge is 0.167 e. The zero-order valence-electron chi connectivity index (χ0n) is 11.9. The molecule has 0 amide bonds. The Morgan fingerprint density at radius 3 is 2.80 bits per heavy atom. The number of hydrogen-bond donors (Lipinski definition) is 1. The van der Waals surface area contributed by atoms with Gasteiger partial charge in [-0.3, -0.25) is 4.57 Å². The van der Waals surface area contributed by atoms with Crippen molar-refractivity contribution in [2.45, 2.75) is 33.1 Å². The van der Waals surface area contributed by atoms with Gasteiger partial charge in [0, 0.05) is 5.92 Å². The molecule has 106 valence electrons. The minimum Gasteiger partial charge on any atom is -0.382 e. The van der Waals surface area contributed by atoms with Gasteiger partial charge in [0.1, 0.15) is 18.1 Å². The summed E-state index contributed by atoms with van der Waals surface area (Å²) >= 11 is 0. The van der Waals surface area contributed by atoms with Crippen LogP contribution in [0.3, 0.4) is 0 Å². The largest absolute Gasteiger partial charge is 0.382 e. The SMILES string of the molecule is C/C=C/[C@H]1O[C@@H](n2cnc3c(N)ncnc32)[C@H](C)[C@@H]1C. The van der Waals surface area contributed by atoms with Gasteiger partial charge in [0.15, 0.2) is 11.5 Å². The van der Waals surface area contributed by atoms with Crippen LogP contribution in [0.1, 0.15) is 27.0 Å². The lowest BCUT2D eigenvalue weighted by Gasteiger charge is -2.17. The average Bonchev–Trinajstić information content (AvgIpc) is 2.97. The van der Waals surface area contributed by atoms with Crippen molar-refractivity contribution in [3.63, 3.8) is 0 Å². The Balaban J connectivity index is 2.02. The third-order valence-electron chi connectivity index (χ3n) is 4.14. The Kier molecular flexibility index (Phi) is 3.17. The standard InChI is InChI=1S/C14H19N5O/c1-4-5-10-8(2)9(3)14(20-10)19-7-18-11-12(15)16-6-17-13(11)19/h4-10,14H,1-3H3,(H2,15,16,17)/b5-4+/t8-,9+,10+,14+/m0/s1. The summed E-state index contributed by atoms with van der Waals surface area (Å²) in [5, 5.41) is 0. The maximum atomic E-state index is 6.15. The third-order valence-corrected chi connectivity index (χ3v) is 4.14. The third kappa shape index (κ3) is 1.87. The number of anilines is 1. The molecule has 1 aliphatic rings. The molecule has 1 aliphatic heterocycles. The van der Waals surface area contributed by atoms with Gasteiger partial charge in [-0.25, -0.2) is 15.0 Å². The summed E-state index contributed by atoms with van der Waals surface area (Å²) in [5.41, 5.74) is 7.18. The molecular formula is C14H19N5O. The molecule has 4 atom stereocenters. The van der Waals surface area contributed by atoms with Crippen LogP contribution in [0.15, 0.2) is 24.8 Å². The van der Waals surface area contributed by atoms with E-state index in [0.717, 1.165) is 5.65 Å². The average molecular weight is 273 g/mol. The molecule has 0 aromatic carbocycles. The van der Waals surface area contributed by atoms with Crippen LogP contribution in [0.4, 0.5) is 5.82 Å². The number of allylic oxidation sites excluding steroid dienone is 1. The summed E-state index contributed by atoms with van der Waals surface area (Å²) in [5.74, 6) is 1.20. The number of rotatable bonds is 2. The molecule has 2 N–H and O–H groups in total. The molecule has 0 aliphatic carbocycles. The highest BCUT2D eigenvalue weighted by Crippen LogP contribution is 2.40. The predicted molar refractivity (Wildman–Crippen MR) is 76.8 cm³/mol. The van der Waals surface area contributed by atoms with Crippen LogP contribution in [0.25, 0.3) is 11.2 Å². The van der Waals surface area contributed by atoms with E-state index in [1.54, 1.807) is 6.33 Å². The molecule has 0 bridgehead atoms. The first-order chi connectivity index (χ1) is 9.63. The van der Waals surface area contributed by atoms with Crippen molar-refractivity contribution >= 4 is 17.0 Å². The van der Waals surface area contributed by atoms with Crippen LogP contribution in [-0.4, -0.2) is 25.6 Å². The number of fused-ring (bicyclic) bond motifs is 1. The van der Waals surface area contributed by atoms with E-state index in [2.05, 4.69) is 34.9 Å². The van der Waals surface area contributed by atoms with Gasteiger partial charge < -0.3 is 10.5 Å². The van der Waals surface area contributed by atoms with Crippen molar-refractivity contribution in [2.24, 2.45) is 11.8 Å². The lowest BCUT2D eigenvalue weighted by molar-refractivity contribution is 0.00945.